The topological polar surface area (TPSA) is 118 Å². The van der Waals surface area contributed by atoms with E-state index < -0.39 is 26.7 Å². The van der Waals surface area contributed by atoms with Gasteiger partial charge in [0.25, 0.3) is 5.69 Å². The summed E-state index contributed by atoms with van der Waals surface area (Å²) in [7, 11) is -4.03. The summed E-state index contributed by atoms with van der Waals surface area (Å²) in [5.74, 6) is -0.132. The maximum atomic E-state index is 12.4. The number of amides is 1. The standard InChI is InChI=1S/C12H15N3O5S/c1-8-3-2-4-10(15(17)18)12(8)21(19,20)14-9-5-6-11(16)13-7-9/h2-4,9,14H,5-7H2,1H3,(H,13,16). The number of carbonyl (C=O) groups excluding carboxylic acids is 1. The molecule has 0 bridgehead atoms. The molecule has 1 fully saturated rings. The Hall–Kier alpha value is -2.00. The number of nitrogens with zero attached hydrogens (tertiary/aromatic N) is 1. The van der Waals surface area contributed by atoms with E-state index in [4.69, 9.17) is 0 Å². The Labute approximate surface area is 121 Å². The van der Waals surface area contributed by atoms with Gasteiger partial charge >= 0.3 is 0 Å². The first-order valence-electron chi connectivity index (χ1n) is 6.34. The van der Waals surface area contributed by atoms with E-state index in [0.717, 1.165) is 6.07 Å². The van der Waals surface area contributed by atoms with Gasteiger partial charge < -0.3 is 5.32 Å². The SMILES string of the molecule is Cc1cccc([N+](=O)[O-])c1S(=O)(=O)NC1CCC(=O)NC1. The van der Waals surface area contributed by atoms with Crippen molar-refractivity contribution in [1.82, 2.24) is 10.0 Å². The van der Waals surface area contributed by atoms with Crippen molar-refractivity contribution in [2.75, 3.05) is 6.54 Å². The van der Waals surface area contributed by atoms with E-state index in [2.05, 4.69) is 10.0 Å². The monoisotopic (exact) mass is 313 g/mol. The van der Waals surface area contributed by atoms with Crippen molar-refractivity contribution in [3.8, 4) is 0 Å². The summed E-state index contributed by atoms with van der Waals surface area (Å²) in [6.45, 7) is 1.68. The number of rotatable bonds is 4. The van der Waals surface area contributed by atoms with Crippen LogP contribution in [0.1, 0.15) is 18.4 Å². The Morgan fingerprint density at radius 3 is 2.71 bits per heavy atom. The number of nitro groups is 1. The Bertz CT molecular complexity index is 676. The van der Waals surface area contributed by atoms with E-state index in [9.17, 15) is 23.3 Å². The van der Waals surface area contributed by atoms with Crippen molar-refractivity contribution in [3.05, 3.63) is 33.9 Å². The molecule has 1 unspecified atom stereocenters. The molecular formula is C12H15N3O5S. The minimum atomic E-state index is -4.03. The molecule has 1 aliphatic heterocycles. The van der Waals surface area contributed by atoms with Gasteiger partial charge in [-0.3, -0.25) is 14.9 Å². The highest BCUT2D eigenvalue weighted by Crippen LogP contribution is 2.27. The highest BCUT2D eigenvalue weighted by Gasteiger charge is 2.31. The molecule has 21 heavy (non-hydrogen) atoms. The Morgan fingerprint density at radius 1 is 1.43 bits per heavy atom. The molecular weight excluding hydrogens is 298 g/mol. The van der Waals surface area contributed by atoms with Gasteiger partial charge in [-0.1, -0.05) is 12.1 Å². The largest absolute Gasteiger partial charge is 0.355 e. The maximum Gasteiger partial charge on any atom is 0.289 e. The number of carbonyl (C=O) groups is 1. The second kappa shape index (κ2) is 5.78. The van der Waals surface area contributed by atoms with Gasteiger partial charge in [-0.25, -0.2) is 13.1 Å². The van der Waals surface area contributed by atoms with Crippen LogP contribution < -0.4 is 10.0 Å². The molecule has 8 nitrogen and oxygen atoms in total. The van der Waals surface area contributed by atoms with Crippen molar-refractivity contribution in [2.24, 2.45) is 0 Å². The molecule has 0 radical (unpaired) electrons. The maximum absolute atomic E-state index is 12.4. The molecule has 0 aromatic heterocycles. The zero-order valence-corrected chi connectivity index (χ0v) is 12.1. The Balaban J connectivity index is 2.32. The average Bonchev–Trinajstić information content (AvgIpc) is 2.40. The van der Waals surface area contributed by atoms with Crippen molar-refractivity contribution >= 4 is 21.6 Å². The Morgan fingerprint density at radius 2 is 2.14 bits per heavy atom. The van der Waals surface area contributed by atoms with Gasteiger partial charge in [0.2, 0.25) is 15.9 Å². The van der Waals surface area contributed by atoms with E-state index in [0.29, 0.717) is 12.0 Å². The molecule has 1 saturated heterocycles. The quantitative estimate of drug-likeness (QED) is 0.618. The lowest BCUT2D eigenvalue weighted by molar-refractivity contribution is -0.387. The lowest BCUT2D eigenvalue weighted by atomic mass is 10.1. The van der Waals surface area contributed by atoms with E-state index in [1.165, 1.54) is 19.1 Å². The first-order valence-corrected chi connectivity index (χ1v) is 7.82. The van der Waals surface area contributed by atoms with Gasteiger partial charge in [-0.15, -0.1) is 0 Å². The third-order valence-corrected chi connectivity index (χ3v) is 4.96. The highest BCUT2D eigenvalue weighted by atomic mass is 32.2. The molecule has 0 aliphatic carbocycles. The summed E-state index contributed by atoms with van der Waals surface area (Å²) in [5, 5.41) is 13.6. The second-order valence-corrected chi connectivity index (χ2v) is 6.49. The molecule has 2 N–H and O–H groups in total. The molecule has 1 aromatic rings. The van der Waals surface area contributed by atoms with Crippen LogP contribution in [0.5, 0.6) is 0 Å². The van der Waals surface area contributed by atoms with E-state index in [1.807, 2.05) is 0 Å². The van der Waals surface area contributed by atoms with Gasteiger partial charge in [0.15, 0.2) is 4.90 Å². The first kappa shape index (κ1) is 15.4. The predicted octanol–water partition coefficient (Wildman–Crippen LogP) is 0.460. The van der Waals surface area contributed by atoms with Crippen LogP contribution in [-0.2, 0) is 14.8 Å². The average molecular weight is 313 g/mol. The molecule has 9 heteroatoms. The molecule has 1 aliphatic rings. The van der Waals surface area contributed by atoms with Gasteiger partial charge in [-0.2, -0.15) is 0 Å². The number of aryl methyl sites for hydroxylation is 1. The summed E-state index contributed by atoms with van der Waals surface area (Å²) in [6.07, 6.45) is 0.591. The number of hydrogen-bond donors (Lipinski definition) is 2. The number of nitrogens with one attached hydrogen (secondary N) is 2. The molecule has 114 valence electrons. The summed E-state index contributed by atoms with van der Waals surface area (Å²) >= 11 is 0. The fraction of sp³-hybridized carbons (Fsp3) is 0.417. The fourth-order valence-electron chi connectivity index (χ4n) is 2.24. The van der Waals surface area contributed by atoms with Crippen LogP contribution >= 0.6 is 0 Å². The first-order chi connectivity index (χ1) is 9.81. The van der Waals surface area contributed by atoms with Gasteiger partial charge in [-0.05, 0) is 18.9 Å². The van der Waals surface area contributed by atoms with Crippen LogP contribution in [-0.4, -0.2) is 31.8 Å². The molecule has 0 spiro atoms. The smallest absolute Gasteiger partial charge is 0.289 e. The van der Waals surface area contributed by atoms with Crippen LogP contribution in [0.15, 0.2) is 23.1 Å². The molecule has 1 heterocycles. The fourth-order valence-corrected chi connectivity index (χ4v) is 3.91. The molecule has 2 rings (SSSR count). The number of piperidine rings is 1. The zero-order chi connectivity index (χ0) is 15.6. The van der Waals surface area contributed by atoms with E-state index >= 15 is 0 Å². The predicted molar refractivity (Wildman–Crippen MR) is 74.2 cm³/mol. The minimum Gasteiger partial charge on any atom is -0.355 e. The van der Waals surface area contributed by atoms with Crippen LogP contribution in [0.4, 0.5) is 5.69 Å². The number of hydrogen-bond acceptors (Lipinski definition) is 5. The molecule has 1 aromatic carbocycles. The third kappa shape index (κ3) is 3.37. The molecule has 0 saturated carbocycles. The minimum absolute atomic E-state index is 0.132. The van der Waals surface area contributed by atoms with E-state index in [-0.39, 0.29) is 23.8 Å². The van der Waals surface area contributed by atoms with Crippen LogP contribution in [0.25, 0.3) is 0 Å². The zero-order valence-electron chi connectivity index (χ0n) is 11.3. The molecule has 1 amide bonds. The Kier molecular flexibility index (Phi) is 4.24. The summed E-state index contributed by atoms with van der Waals surface area (Å²) in [5.41, 5.74) is -0.154. The normalized spacial score (nSPS) is 19.1. The van der Waals surface area contributed by atoms with Gasteiger partial charge in [0.1, 0.15) is 0 Å². The van der Waals surface area contributed by atoms with Crippen LogP contribution in [0, 0.1) is 17.0 Å². The number of sulfonamides is 1. The second-order valence-electron chi connectivity index (χ2n) is 4.84. The summed E-state index contributed by atoms with van der Waals surface area (Å²) in [4.78, 5) is 21.0. The lowest BCUT2D eigenvalue weighted by Crippen LogP contribution is -2.47. The summed E-state index contributed by atoms with van der Waals surface area (Å²) in [6, 6.07) is 3.63. The van der Waals surface area contributed by atoms with Crippen LogP contribution in [0.3, 0.4) is 0 Å². The van der Waals surface area contributed by atoms with Crippen LogP contribution in [0.2, 0.25) is 0 Å². The van der Waals surface area contributed by atoms with E-state index in [1.54, 1.807) is 0 Å². The van der Waals surface area contributed by atoms with Crippen molar-refractivity contribution in [1.29, 1.82) is 0 Å². The molecule has 1 atom stereocenters. The summed E-state index contributed by atoms with van der Waals surface area (Å²) < 4.78 is 27.2. The van der Waals surface area contributed by atoms with Crippen molar-refractivity contribution in [2.45, 2.75) is 30.7 Å². The highest BCUT2D eigenvalue weighted by molar-refractivity contribution is 7.89. The number of benzene rings is 1. The lowest BCUT2D eigenvalue weighted by Gasteiger charge is -2.23. The third-order valence-electron chi connectivity index (χ3n) is 3.24. The number of nitro benzene ring substituents is 1. The van der Waals surface area contributed by atoms with Crippen molar-refractivity contribution < 1.29 is 18.1 Å². The van der Waals surface area contributed by atoms with Gasteiger partial charge in [0, 0.05) is 25.1 Å². The van der Waals surface area contributed by atoms with Crippen molar-refractivity contribution in [3.63, 3.8) is 0 Å². The van der Waals surface area contributed by atoms with Gasteiger partial charge in [0.05, 0.1) is 4.92 Å².